The Morgan fingerprint density at radius 1 is 1.23 bits per heavy atom. The van der Waals surface area contributed by atoms with Gasteiger partial charge in [-0.05, 0) is 31.0 Å². The zero-order valence-electron chi connectivity index (χ0n) is 8.26. The second kappa shape index (κ2) is 2.52. The molecule has 0 amide bonds. The van der Waals surface area contributed by atoms with Gasteiger partial charge in [-0.2, -0.15) is 0 Å². The van der Waals surface area contributed by atoms with Gasteiger partial charge >= 0.3 is 0 Å². The first kappa shape index (κ1) is 8.17. The van der Waals surface area contributed by atoms with Gasteiger partial charge < -0.3 is 10.3 Å². The molecule has 0 atom stereocenters. The first-order chi connectivity index (χ1) is 6.11. The van der Waals surface area contributed by atoms with E-state index in [-0.39, 0.29) is 0 Å². The third kappa shape index (κ3) is 1.02. The average molecular weight is 174 g/mol. The first-order valence-electron chi connectivity index (χ1n) is 4.42. The number of aromatic nitrogens is 1. The van der Waals surface area contributed by atoms with Crippen molar-refractivity contribution >= 4 is 16.6 Å². The SMILES string of the molecule is Cc1ccc2c(c(N)cn2C)c1C. The molecular weight excluding hydrogens is 160 g/mol. The van der Waals surface area contributed by atoms with E-state index < -0.39 is 0 Å². The summed E-state index contributed by atoms with van der Waals surface area (Å²) in [6.07, 6.45) is 1.97. The second-order valence-corrected chi connectivity index (χ2v) is 3.60. The Bertz CT molecular complexity index is 466. The monoisotopic (exact) mass is 174 g/mol. The van der Waals surface area contributed by atoms with E-state index in [1.54, 1.807) is 0 Å². The lowest BCUT2D eigenvalue weighted by Crippen LogP contribution is -1.87. The highest BCUT2D eigenvalue weighted by Crippen LogP contribution is 2.27. The number of aryl methyl sites for hydroxylation is 3. The highest BCUT2D eigenvalue weighted by atomic mass is 14.9. The smallest absolute Gasteiger partial charge is 0.0576 e. The fraction of sp³-hybridized carbons (Fsp3) is 0.273. The van der Waals surface area contributed by atoms with Crippen molar-refractivity contribution in [2.45, 2.75) is 13.8 Å². The number of nitrogens with two attached hydrogens (primary N) is 1. The largest absolute Gasteiger partial charge is 0.397 e. The van der Waals surface area contributed by atoms with Crippen LogP contribution in [0.3, 0.4) is 0 Å². The second-order valence-electron chi connectivity index (χ2n) is 3.60. The Kier molecular flexibility index (Phi) is 1.59. The van der Waals surface area contributed by atoms with Crippen LogP contribution < -0.4 is 5.73 Å². The number of nitrogens with zero attached hydrogens (tertiary/aromatic N) is 1. The van der Waals surface area contributed by atoms with E-state index in [2.05, 4.69) is 30.5 Å². The van der Waals surface area contributed by atoms with E-state index in [4.69, 9.17) is 5.73 Å². The predicted octanol–water partition coefficient (Wildman–Crippen LogP) is 2.38. The van der Waals surface area contributed by atoms with Gasteiger partial charge in [-0.1, -0.05) is 6.07 Å². The van der Waals surface area contributed by atoms with Gasteiger partial charge in [0, 0.05) is 18.6 Å². The summed E-state index contributed by atoms with van der Waals surface area (Å²) in [6.45, 7) is 4.23. The Labute approximate surface area is 78.0 Å². The topological polar surface area (TPSA) is 30.9 Å². The molecule has 0 saturated heterocycles. The fourth-order valence-electron chi connectivity index (χ4n) is 1.80. The van der Waals surface area contributed by atoms with Gasteiger partial charge in [0.2, 0.25) is 0 Å². The molecule has 68 valence electrons. The molecule has 1 heterocycles. The molecule has 0 saturated carbocycles. The maximum Gasteiger partial charge on any atom is 0.0576 e. The minimum absolute atomic E-state index is 0.874. The number of hydrogen-bond acceptors (Lipinski definition) is 1. The zero-order valence-corrected chi connectivity index (χ0v) is 8.26. The van der Waals surface area contributed by atoms with Crippen molar-refractivity contribution in [2.75, 3.05) is 5.73 Å². The molecule has 2 rings (SSSR count). The molecule has 0 fully saturated rings. The van der Waals surface area contributed by atoms with Crippen molar-refractivity contribution in [2.24, 2.45) is 7.05 Å². The number of nitrogen functional groups attached to an aromatic ring is 1. The molecule has 2 aromatic rings. The van der Waals surface area contributed by atoms with Crippen LogP contribution in [0.2, 0.25) is 0 Å². The molecule has 1 aromatic carbocycles. The Balaban J connectivity index is 2.98. The van der Waals surface area contributed by atoms with E-state index in [0.717, 1.165) is 5.69 Å². The van der Waals surface area contributed by atoms with E-state index in [0.29, 0.717) is 0 Å². The van der Waals surface area contributed by atoms with Crippen LogP contribution in [-0.2, 0) is 7.05 Å². The summed E-state index contributed by atoms with van der Waals surface area (Å²) in [6, 6.07) is 4.26. The average Bonchev–Trinajstić information content (AvgIpc) is 2.35. The quantitative estimate of drug-likeness (QED) is 0.653. The minimum Gasteiger partial charge on any atom is -0.397 e. The maximum atomic E-state index is 5.93. The van der Waals surface area contributed by atoms with Gasteiger partial charge in [0.25, 0.3) is 0 Å². The summed E-state index contributed by atoms with van der Waals surface area (Å²) in [5, 5.41) is 1.20. The van der Waals surface area contributed by atoms with Crippen LogP contribution in [0.15, 0.2) is 18.3 Å². The number of hydrogen-bond donors (Lipinski definition) is 1. The third-order valence-electron chi connectivity index (χ3n) is 2.72. The number of fused-ring (bicyclic) bond motifs is 1. The lowest BCUT2D eigenvalue weighted by atomic mass is 10.1. The van der Waals surface area contributed by atoms with Crippen molar-refractivity contribution in [3.8, 4) is 0 Å². The van der Waals surface area contributed by atoms with Crippen LogP contribution in [-0.4, -0.2) is 4.57 Å². The molecule has 0 bridgehead atoms. The third-order valence-corrected chi connectivity index (χ3v) is 2.72. The molecule has 0 radical (unpaired) electrons. The normalized spacial score (nSPS) is 11.0. The van der Waals surface area contributed by atoms with Crippen molar-refractivity contribution in [3.05, 3.63) is 29.5 Å². The first-order valence-corrected chi connectivity index (χ1v) is 4.42. The number of benzene rings is 1. The van der Waals surface area contributed by atoms with Crippen molar-refractivity contribution < 1.29 is 0 Å². The lowest BCUT2D eigenvalue weighted by Gasteiger charge is -2.03. The molecule has 2 nitrogen and oxygen atoms in total. The zero-order chi connectivity index (χ0) is 9.59. The van der Waals surface area contributed by atoms with Crippen LogP contribution in [0.5, 0.6) is 0 Å². The summed E-state index contributed by atoms with van der Waals surface area (Å²) in [7, 11) is 2.02. The van der Waals surface area contributed by atoms with Crippen LogP contribution in [0, 0.1) is 13.8 Å². The van der Waals surface area contributed by atoms with Gasteiger partial charge in [-0.25, -0.2) is 0 Å². The molecule has 0 aliphatic carbocycles. The Morgan fingerprint density at radius 3 is 2.62 bits per heavy atom. The van der Waals surface area contributed by atoms with Crippen molar-refractivity contribution in [3.63, 3.8) is 0 Å². The van der Waals surface area contributed by atoms with Gasteiger partial charge in [0.1, 0.15) is 0 Å². The Hall–Kier alpha value is -1.44. The lowest BCUT2D eigenvalue weighted by molar-refractivity contribution is 0.970. The van der Waals surface area contributed by atoms with E-state index >= 15 is 0 Å². The van der Waals surface area contributed by atoms with Gasteiger partial charge in [-0.3, -0.25) is 0 Å². The van der Waals surface area contributed by atoms with Gasteiger partial charge in [0.15, 0.2) is 0 Å². The summed E-state index contributed by atoms with van der Waals surface area (Å²) in [5.41, 5.74) is 10.6. The molecule has 0 unspecified atom stereocenters. The van der Waals surface area contributed by atoms with E-state index in [1.807, 2.05) is 13.2 Å². The number of rotatable bonds is 0. The fourth-order valence-corrected chi connectivity index (χ4v) is 1.80. The minimum atomic E-state index is 0.874. The van der Waals surface area contributed by atoms with Gasteiger partial charge in [0.05, 0.1) is 11.2 Å². The summed E-state index contributed by atoms with van der Waals surface area (Å²) in [4.78, 5) is 0. The maximum absolute atomic E-state index is 5.93. The standard InChI is InChI=1S/C11H14N2/c1-7-4-5-10-11(8(7)2)9(12)6-13(10)3/h4-6H,12H2,1-3H3. The summed E-state index contributed by atoms with van der Waals surface area (Å²) >= 11 is 0. The molecule has 0 aliphatic rings. The van der Waals surface area contributed by atoms with E-state index in [1.165, 1.54) is 22.0 Å². The van der Waals surface area contributed by atoms with Crippen molar-refractivity contribution in [1.82, 2.24) is 4.57 Å². The highest BCUT2D eigenvalue weighted by Gasteiger charge is 2.07. The van der Waals surface area contributed by atoms with Crippen LogP contribution in [0.25, 0.3) is 10.9 Å². The summed E-state index contributed by atoms with van der Waals surface area (Å²) in [5.74, 6) is 0. The van der Waals surface area contributed by atoms with Gasteiger partial charge in [-0.15, -0.1) is 0 Å². The van der Waals surface area contributed by atoms with E-state index in [9.17, 15) is 0 Å². The molecule has 2 heteroatoms. The molecule has 1 aromatic heterocycles. The number of anilines is 1. The molecule has 0 spiro atoms. The van der Waals surface area contributed by atoms with Crippen molar-refractivity contribution in [1.29, 1.82) is 0 Å². The Morgan fingerprint density at radius 2 is 1.92 bits per heavy atom. The molecular formula is C11H14N2. The predicted molar refractivity (Wildman–Crippen MR) is 56.8 cm³/mol. The highest BCUT2D eigenvalue weighted by molar-refractivity contribution is 5.95. The molecule has 0 aliphatic heterocycles. The van der Waals surface area contributed by atoms with Crippen LogP contribution in [0.1, 0.15) is 11.1 Å². The summed E-state index contributed by atoms with van der Waals surface area (Å²) < 4.78 is 2.07. The molecule has 2 N–H and O–H groups in total. The molecule has 13 heavy (non-hydrogen) atoms. The van der Waals surface area contributed by atoms with Crippen LogP contribution >= 0.6 is 0 Å². The van der Waals surface area contributed by atoms with Crippen LogP contribution in [0.4, 0.5) is 5.69 Å².